The number of hydrogen-bond acceptors (Lipinski definition) is 2. The SMILES string of the molecule is C[C@H]1C[C@@]2(C)C(=CC1=O)CC[C@H]1[C@@H]3CC[C@H](O)[C@@]3(C)CC[C@@H]12. The van der Waals surface area contributed by atoms with Crippen molar-refractivity contribution in [1.29, 1.82) is 0 Å². The van der Waals surface area contributed by atoms with E-state index in [-0.39, 0.29) is 22.9 Å². The van der Waals surface area contributed by atoms with Gasteiger partial charge in [0.25, 0.3) is 0 Å². The maximum absolute atomic E-state index is 12.1. The molecule has 0 aromatic rings. The fourth-order valence-electron chi connectivity index (χ4n) is 6.87. The lowest BCUT2D eigenvalue weighted by Crippen LogP contribution is -2.52. The van der Waals surface area contributed by atoms with E-state index in [9.17, 15) is 9.90 Å². The fourth-order valence-corrected chi connectivity index (χ4v) is 6.87. The number of carbonyl (C=O) groups is 1. The number of hydrogen-bond donors (Lipinski definition) is 1. The molecule has 3 saturated carbocycles. The molecule has 1 N–H and O–H groups in total. The van der Waals surface area contributed by atoms with Crippen LogP contribution in [0, 0.1) is 34.5 Å². The Hall–Kier alpha value is -0.630. The summed E-state index contributed by atoms with van der Waals surface area (Å²) in [5.41, 5.74) is 1.85. The summed E-state index contributed by atoms with van der Waals surface area (Å²) in [6, 6.07) is 0. The standard InChI is InChI=1S/C20H30O2/c1-12-11-20(3)13(10-17(12)21)4-5-14-15-6-7-18(22)19(15,2)9-8-16(14)20/h10,12,14-16,18,22H,4-9,11H2,1-3H3/t12-,14-,15-,16-,18-,19-,20-/m0/s1. The summed E-state index contributed by atoms with van der Waals surface area (Å²) in [5, 5.41) is 10.5. The molecule has 122 valence electrons. The highest BCUT2D eigenvalue weighted by Gasteiger charge is 2.59. The van der Waals surface area contributed by atoms with Crippen LogP contribution in [0.1, 0.15) is 65.7 Å². The summed E-state index contributed by atoms with van der Waals surface area (Å²) in [7, 11) is 0. The second-order valence-corrected chi connectivity index (χ2v) is 9.15. The summed E-state index contributed by atoms with van der Waals surface area (Å²) >= 11 is 0. The van der Waals surface area contributed by atoms with Gasteiger partial charge in [0.15, 0.2) is 5.78 Å². The molecular weight excluding hydrogens is 272 g/mol. The molecule has 7 atom stereocenters. The van der Waals surface area contributed by atoms with Crippen LogP contribution in [-0.2, 0) is 4.79 Å². The van der Waals surface area contributed by atoms with E-state index in [4.69, 9.17) is 0 Å². The molecule has 0 bridgehead atoms. The minimum atomic E-state index is -0.0879. The molecule has 22 heavy (non-hydrogen) atoms. The number of rotatable bonds is 0. The number of aliphatic hydroxyl groups is 1. The van der Waals surface area contributed by atoms with Gasteiger partial charge in [-0.3, -0.25) is 4.79 Å². The first kappa shape index (κ1) is 14.9. The number of aliphatic hydroxyl groups excluding tert-OH is 1. The largest absolute Gasteiger partial charge is 0.393 e. The summed E-state index contributed by atoms with van der Waals surface area (Å²) in [5.74, 6) is 2.73. The Morgan fingerprint density at radius 1 is 1.14 bits per heavy atom. The molecule has 0 aliphatic heterocycles. The van der Waals surface area contributed by atoms with Crippen LogP contribution in [0.3, 0.4) is 0 Å². The van der Waals surface area contributed by atoms with E-state index >= 15 is 0 Å². The van der Waals surface area contributed by atoms with E-state index in [1.165, 1.54) is 31.3 Å². The maximum Gasteiger partial charge on any atom is 0.158 e. The minimum Gasteiger partial charge on any atom is -0.393 e. The van der Waals surface area contributed by atoms with E-state index in [0.29, 0.717) is 11.7 Å². The van der Waals surface area contributed by atoms with Crippen molar-refractivity contribution in [3.8, 4) is 0 Å². The third-order valence-electron chi connectivity index (χ3n) is 8.22. The van der Waals surface area contributed by atoms with Crippen LogP contribution in [0.5, 0.6) is 0 Å². The molecule has 2 nitrogen and oxygen atoms in total. The molecule has 0 radical (unpaired) electrons. The van der Waals surface area contributed by atoms with Crippen molar-refractivity contribution in [2.75, 3.05) is 0 Å². The molecule has 0 aromatic heterocycles. The molecule has 0 heterocycles. The zero-order chi connectivity index (χ0) is 15.7. The monoisotopic (exact) mass is 302 g/mol. The zero-order valence-corrected chi connectivity index (χ0v) is 14.3. The van der Waals surface area contributed by atoms with Gasteiger partial charge in [0.2, 0.25) is 0 Å². The normalized spacial score (nSPS) is 54.3. The Kier molecular flexibility index (Phi) is 3.18. The average Bonchev–Trinajstić information content (AvgIpc) is 2.77. The van der Waals surface area contributed by atoms with Crippen molar-refractivity contribution in [3.05, 3.63) is 11.6 Å². The minimum absolute atomic E-state index is 0.0879. The highest BCUT2D eigenvalue weighted by molar-refractivity contribution is 5.93. The topological polar surface area (TPSA) is 37.3 Å². The lowest BCUT2D eigenvalue weighted by atomic mass is 9.47. The van der Waals surface area contributed by atoms with Gasteiger partial charge in [-0.15, -0.1) is 0 Å². The second kappa shape index (κ2) is 4.69. The summed E-state index contributed by atoms with van der Waals surface area (Å²) < 4.78 is 0. The predicted octanol–water partition coefficient (Wildman–Crippen LogP) is 4.13. The van der Waals surface area contributed by atoms with Crippen molar-refractivity contribution in [1.82, 2.24) is 0 Å². The molecule has 2 heteroatoms. The summed E-state index contributed by atoms with van der Waals surface area (Å²) in [6.45, 7) is 6.88. The van der Waals surface area contributed by atoms with Gasteiger partial charge in [-0.25, -0.2) is 0 Å². The van der Waals surface area contributed by atoms with Gasteiger partial charge in [0.1, 0.15) is 0 Å². The quantitative estimate of drug-likeness (QED) is 0.730. The molecule has 4 rings (SSSR count). The summed E-state index contributed by atoms with van der Waals surface area (Å²) in [6.07, 6.45) is 9.93. The first-order valence-electron chi connectivity index (χ1n) is 9.29. The van der Waals surface area contributed by atoms with Gasteiger partial charge < -0.3 is 5.11 Å². The van der Waals surface area contributed by atoms with Crippen molar-refractivity contribution >= 4 is 5.78 Å². The molecular formula is C20H30O2. The number of ketones is 1. The van der Waals surface area contributed by atoms with Gasteiger partial charge in [-0.2, -0.15) is 0 Å². The lowest BCUT2D eigenvalue weighted by molar-refractivity contribution is -0.122. The van der Waals surface area contributed by atoms with Gasteiger partial charge in [-0.1, -0.05) is 26.3 Å². The molecule has 4 aliphatic carbocycles. The molecule has 0 amide bonds. The predicted molar refractivity (Wildman–Crippen MR) is 87.3 cm³/mol. The first-order chi connectivity index (χ1) is 10.4. The molecule has 3 fully saturated rings. The zero-order valence-electron chi connectivity index (χ0n) is 14.3. The van der Waals surface area contributed by atoms with Crippen LogP contribution in [0.25, 0.3) is 0 Å². The first-order valence-corrected chi connectivity index (χ1v) is 9.29. The van der Waals surface area contributed by atoms with Crippen molar-refractivity contribution in [3.63, 3.8) is 0 Å². The van der Waals surface area contributed by atoms with Crippen LogP contribution < -0.4 is 0 Å². The molecule has 4 aliphatic rings. The Morgan fingerprint density at radius 3 is 2.68 bits per heavy atom. The van der Waals surface area contributed by atoms with Gasteiger partial charge in [0.05, 0.1) is 6.10 Å². The van der Waals surface area contributed by atoms with E-state index in [0.717, 1.165) is 31.1 Å². The third-order valence-corrected chi connectivity index (χ3v) is 8.22. The number of allylic oxidation sites excluding steroid dienone is 1. The van der Waals surface area contributed by atoms with Crippen LogP contribution in [0.15, 0.2) is 11.6 Å². The highest BCUT2D eigenvalue weighted by Crippen LogP contribution is 2.65. The maximum atomic E-state index is 12.1. The average molecular weight is 302 g/mol. The lowest BCUT2D eigenvalue weighted by Gasteiger charge is -2.58. The van der Waals surface area contributed by atoms with Crippen molar-refractivity contribution in [2.24, 2.45) is 34.5 Å². The van der Waals surface area contributed by atoms with Gasteiger partial charge in [0, 0.05) is 5.92 Å². The Morgan fingerprint density at radius 2 is 1.91 bits per heavy atom. The van der Waals surface area contributed by atoms with E-state index in [2.05, 4.69) is 20.8 Å². The van der Waals surface area contributed by atoms with Gasteiger partial charge in [-0.05, 0) is 79.6 Å². The second-order valence-electron chi connectivity index (χ2n) is 9.15. The van der Waals surface area contributed by atoms with E-state index in [1.54, 1.807) is 0 Å². The summed E-state index contributed by atoms with van der Waals surface area (Å²) in [4.78, 5) is 12.1. The Labute approximate surface area is 134 Å². The fraction of sp³-hybridized carbons (Fsp3) is 0.850. The van der Waals surface area contributed by atoms with Crippen LogP contribution in [-0.4, -0.2) is 17.0 Å². The Bertz CT molecular complexity index is 536. The number of carbonyl (C=O) groups excluding carboxylic acids is 1. The molecule has 0 saturated heterocycles. The van der Waals surface area contributed by atoms with Gasteiger partial charge >= 0.3 is 0 Å². The Balaban J connectivity index is 1.70. The highest BCUT2D eigenvalue weighted by atomic mass is 16.3. The van der Waals surface area contributed by atoms with Crippen LogP contribution in [0.4, 0.5) is 0 Å². The van der Waals surface area contributed by atoms with Crippen LogP contribution in [0.2, 0.25) is 0 Å². The molecule has 0 aromatic carbocycles. The van der Waals surface area contributed by atoms with Crippen molar-refractivity contribution < 1.29 is 9.90 Å². The number of fused-ring (bicyclic) bond motifs is 5. The van der Waals surface area contributed by atoms with E-state index in [1.807, 2.05) is 6.08 Å². The van der Waals surface area contributed by atoms with Crippen LogP contribution >= 0.6 is 0 Å². The molecule has 0 spiro atoms. The third kappa shape index (κ3) is 1.79. The van der Waals surface area contributed by atoms with E-state index < -0.39 is 0 Å². The van der Waals surface area contributed by atoms with Crippen molar-refractivity contribution in [2.45, 2.75) is 71.8 Å². The molecule has 0 unspecified atom stereocenters. The smallest absolute Gasteiger partial charge is 0.158 e.